The molecule has 1 aromatic heterocycles. The molecule has 0 aliphatic heterocycles. The number of phenolic OH excluding ortho intramolecular Hbond substituents is 1. The Morgan fingerprint density at radius 2 is 1.80 bits per heavy atom. The highest BCUT2D eigenvalue weighted by Gasteiger charge is 2.10. The van der Waals surface area contributed by atoms with E-state index < -0.39 is 4.92 Å². The monoisotopic (exact) mass is 221 g/mol. The zero-order chi connectivity index (χ0) is 10.8. The van der Waals surface area contributed by atoms with Gasteiger partial charge in [0.15, 0.2) is 0 Å². The highest BCUT2D eigenvalue weighted by molar-refractivity contribution is 7.18. The normalized spacial score (nSPS) is 10.1. The fourth-order valence-electron chi connectivity index (χ4n) is 1.21. The number of hydrogen-bond acceptors (Lipinski definition) is 4. The second-order valence-electron chi connectivity index (χ2n) is 2.94. The fourth-order valence-corrected chi connectivity index (χ4v) is 2.03. The van der Waals surface area contributed by atoms with E-state index in [0.29, 0.717) is 0 Å². The van der Waals surface area contributed by atoms with Gasteiger partial charge in [0, 0.05) is 10.9 Å². The molecule has 0 bridgehead atoms. The van der Waals surface area contributed by atoms with Crippen molar-refractivity contribution >= 4 is 16.3 Å². The summed E-state index contributed by atoms with van der Waals surface area (Å²) in [5, 5.41) is 19.7. The van der Waals surface area contributed by atoms with E-state index in [1.807, 2.05) is 0 Å². The fraction of sp³-hybridized carbons (Fsp3) is 0. The number of rotatable bonds is 2. The van der Waals surface area contributed by atoms with Crippen molar-refractivity contribution in [2.75, 3.05) is 0 Å². The number of hydrogen-bond donors (Lipinski definition) is 1. The molecule has 1 N–H and O–H groups in total. The van der Waals surface area contributed by atoms with Crippen LogP contribution < -0.4 is 0 Å². The molecule has 4 nitrogen and oxygen atoms in total. The third-order valence-corrected chi connectivity index (χ3v) is 3.01. The topological polar surface area (TPSA) is 63.4 Å². The smallest absolute Gasteiger partial charge is 0.324 e. The van der Waals surface area contributed by atoms with Gasteiger partial charge in [-0.2, -0.15) is 0 Å². The first-order valence-corrected chi connectivity index (χ1v) is 5.02. The molecule has 0 spiro atoms. The predicted molar refractivity (Wildman–Crippen MR) is 58.1 cm³/mol. The Hall–Kier alpha value is -1.88. The van der Waals surface area contributed by atoms with E-state index in [4.69, 9.17) is 5.11 Å². The summed E-state index contributed by atoms with van der Waals surface area (Å²) in [4.78, 5) is 10.9. The molecule has 2 aromatic rings. The largest absolute Gasteiger partial charge is 0.508 e. The standard InChI is InChI=1S/C10H7NO3S/c12-8-3-1-7(2-4-8)9-5-6-10(15-9)11(13)14/h1-6,12H. The summed E-state index contributed by atoms with van der Waals surface area (Å²) in [5.41, 5.74) is 0.867. The lowest BCUT2D eigenvalue weighted by Gasteiger charge is -1.95. The van der Waals surface area contributed by atoms with Crippen molar-refractivity contribution in [3.05, 3.63) is 46.5 Å². The summed E-state index contributed by atoms with van der Waals surface area (Å²) >= 11 is 1.12. The maximum absolute atomic E-state index is 10.5. The molecule has 0 saturated carbocycles. The van der Waals surface area contributed by atoms with Crippen molar-refractivity contribution in [2.45, 2.75) is 0 Å². The number of phenols is 1. The van der Waals surface area contributed by atoms with Crippen LogP contribution >= 0.6 is 11.3 Å². The summed E-state index contributed by atoms with van der Waals surface area (Å²) in [6, 6.07) is 9.75. The highest BCUT2D eigenvalue weighted by atomic mass is 32.1. The van der Waals surface area contributed by atoms with Gasteiger partial charge in [-0.3, -0.25) is 10.1 Å². The van der Waals surface area contributed by atoms with Crippen molar-refractivity contribution in [2.24, 2.45) is 0 Å². The molecule has 76 valence electrons. The van der Waals surface area contributed by atoms with Crippen LogP contribution in [0.1, 0.15) is 0 Å². The lowest BCUT2D eigenvalue weighted by atomic mass is 10.2. The Morgan fingerprint density at radius 1 is 1.13 bits per heavy atom. The quantitative estimate of drug-likeness (QED) is 0.626. The molecule has 0 unspecified atom stereocenters. The molecule has 5 heteroatoms. The van der Waals surface area contributed by atoms with Crippen molar-refractivity contribution in [3.63, 3.8) is 0 Å². The van der Waals surface area contributed by atoms with Gasteiger partial charge in [0.2, 0.25) is 0 Å². The Balaban J connectivity index is 2.37. The van der Waals surface area contributed by atoms with Crippen molar-refractivity contribution in [1.82, 2.24) is 0 Å². The third kappa shape index (κ3) is 1.97. The van der Waals surface area contributed by atoms with Gasteiger partial charge in [0.05, 0.1) is 4.92 Å². The second-order valence-corrected chi connectivity index (χ2v) is 4.00. The van der Waals surface area contributed by atoms with E-state index in [1.54, 1.807) is 30.3 Å². The minimum absolute atomic E-state index is 0.123. The summed E-state index contributed by atoms with van der Waals surface area (Å²) in [7, 11) is 0. The van der Waals surface area contributed by atoms with Gasteiger partial charge in [-0.1, -0.05) is 11.3 Å². The Kier molecular flexibility index (Phi) is 2.39. The van der Waals surface area contributed by atoms with Crippen LogP contribution in [0.25, 0.3) is 10.4 Å². The lowest BCUT2D eigenvalue weighted by Crippen LogP contribution is -1.80. The molecule has 0 saturated heterocycles. The third-order valence-electron chi connectivity index (χ3n) is 1.92. The van der Waals surface area contributed by atoms with E-state index in [-0.39, 0.29) is 10.8 Å². The summed E-state index contributed by atoms with van der Waals surface area (Å²) in [6.07, 6.45) is 0. The van der Waals surface area contributed by atoms with E-state index in [9.17, 15) is 10.1 Å². The van der Waals surface area contributed by atoms with Crippen LogP contribution in [-0.4, -0.2) is 10.0 Å². The zero-order valence-corrected chi connectivity index (χ0v) is 8.40. The van der Waals surface area contributed by atoms with Crippen LogP contribution in [0.4, 0.5) is 5.00 Å². The summed E-state index contributed by atoms with van der Waals surface area (Å²) < 4.78 is 0. The van der Waals surface area contributed by atoms with Crippen molar-refractivity contribution in [3.8, 4) is 16.2 Å². The molecule has 0 radical (unpaired) electrons. The SMILES string of the molecule is O=[N+]([O-])c1ccc(-c2ccc(O)cc2)s1. The first-order chi connectivity index (χ1) is 7.16. The van der Waals surface area contributed by atoms with E-state index >= 15 is 0 Å². The number of aromatic hydroxyl groups is 1. The van der Waals surface area contributed by atoms with Gasteiger partial charge < -0.3 is 5.11 Å². The van der Waals surface area contributed by atoms with Crippen LogP contribution in [0.2, 0.25) is 0 Å². The molecule has 15 heavy (non-hydrogen) atoms. The van der Waals surface area contributed by atoms with E-state index in [2.05, 4.69) is 0 Å². The molecular weight excluding hydrogens is 214 g/mol. The molecule has 0 fully saturated rings. The van der Waals surface area contributed by atoms with Gasteiger partial charge in [0.1, 0.15) is 5.75 Å². The van der Waals surface area contributed by atoms with Crippen LogP contribution in [0.5, 0.6) is 5.75 Å². The highest BCUT2D eigenvalue weighted by Crippen LogP contribution is 2.32. The van der Waals surface area contributed by atoms with Gasteiger partial charge in [0.25, 0.3) is 0 Å². The average Bonchev–Trinajstić information content (AvgIpc) is 2.68. The van der Waals surface area contributed by atoms with Gasteiger partial charge in [-0.25, -0.2) is 0 Å². The van der Waals surface area contributed by atoms with Crippen molar-refractivity contribution < 1.29 is 10.0 Å². The summed E-state index contributed by atoms with van der Waals surface area (Å²) in [6.45, 7) is 0. The zero-order valence-electron chi connectivity index (χ0n) is 7.58. The molecule has 0 aliphatic carbocycles. The minimum atomic E-state index is -0.408. The summed E-state index contributed by atoms with van der Waals surface area (Å²) in [5.74, 6) is 0.185. The molecule has 0 atom stereocenters. The minimum Gasteiger partial charge on any atom is -0.508 e. The van der Waals surface area contributed by atoms with E-state index in [0.717, 1.165) is 21.8 Å². The molecule has 1 aromatic carbocycles. The molecule has 0 amide bonds. The van der Waals surface area contributed by atoms with Crippen LogP contribution in [0.15, 0.2) is 36.4 Å². The first kappa shape index (κ1) is 9.67. The van der Waals surface area contributed by atoms with Gasteiger partial charge >= 0.3 is 5.00 Å². The van der Waals surface area contributed by atoms with Crippen LogP contribution in [-0.2, 0) is 0 Å². The number of benzene rings is 1. The Bertz CT molecular complexity index is 490. The Morgan fingerprint density at radius 3 is 2.33 bits per heavy atom. The number of thiophene rings is 1. The maximum Gasteiger partial charge on any atom is 0.324 e. The second kappa shape index (κ2) is 3.70. The van der Waals surface area contributed by atoms with Crippen LogP contribution in [0, 0.1) is 10.1 Å². The molecule has 2 rings (SSSR count). The number of nitro groups is 1. The lowest BCUT2D eigenvalue weighted by molar-refractivity contribution is -0.380. The van der Waals surface area contributed by atoms with Crippen molar-refractivity contribution in [1.29, 1.82) is 0 Å². The molecular formula is C10H7NO3S. The van der Waals surface area contributed by atoms with Gasteiger partial charge in [-0.15, -0.1) is 0 Å². The molecule has 0 aliphatic rings. The molecule has 1 heterocycles. The van der Waals surface area contributed by atoms with E-state index in [1.165, 1.54) is 6.07 Å². The average molecular weight is 221 g/mol. The maximum atomic E-state index is 10.5. The first-order valence-electron chi connectivity index (χ1n) is 4.20. The van der Waals surface area contributed by atoms with Gasteiger partial charge in [-0.05, 0) is 35.9 Å². The number of nitrogens with zero attached hydrogens (tertiary/aromatic N) is 1. The van der Waals surface area contributed by atoms with Crippen LogP contribution in [0.3, 0.4) is 0 Å². The Labute approximate surface area is 89.6 Å². The predicted octanol–water partition coefficient (Wildman–Crippen LogP) is 3.03.